The third-order valence-corrected chi connectivity index (χ3v) is 2.96. The van der Waals surface area contributed by atoms with Crippen LogP contribution in [0.4, 0.5) is 0 Å². The van der Waals surface area contributed by atoms with Gasteiger partial charge in [-0.25, -0.2) is 0 Å². The number of piperidine rings is 1. The lowest BCUT2D eigenvalue weighted by atomic mass is 9.96. The van der Waals surface area contributed by atoms with Gasteiger partial charge in [-0.3, -0.25) is 4.79 Å². The number of hydrogen-bond donors (Lipinski definition) is 1. The molecular formula is C13H17NO. The van der Waals surface area contributed by atoms with Crippen LogP contribution in [0.1, 0.15) is 35.2 Å². The highest BCUT2D eigenvalue weighted by Gasteiger charge is 2.21. The van der Waals surface area contributed by atoms with Crippen molar-refractivity contribution in [3.63, 3.8) is 0 Å². The van der Waals surface area contributed by atoms with Crippen molar-refractivity contribution in [2.45, 2.75) is 32.2 Å². The van der Waals surface area contributed by atoms with Crippen molar-refractivity contribution in [3.8, 4) is 0 Å². The summed E-state index contributed by atoms with van der Waals surface area (Å²) in [6.07, 6.45) is 3.33. The summed E-state index contributed by atoms with van der Waals surface area (Å²) in [5, 5.41) is 3.28. The van der Waals surface area contributed by atoms with Crippen LogP contribution in [0.25, 0.3) is 0 Å². The second kappa shape index (κ2) is 4.58. The van der Waals surface area contributed by atoms with Gasteiger partial charge in [-0.2, -0.15) is 0 Å². The SMILES string of the molecule is Cc1ccc(C(=O)C2CCCCN2)cc1. The van der Waals surface area contributed by atoms with Crippen LogP contribution in [0.2, 0.25) is 0 Å². The summed E-state index contributed by atoms with van der Waals surface area (Å²) < 4.78 is 0. The van der Waals surface area contributed by atoms with Crippen LogP contribution in [0.15, 0.2) is 24.3 Å². The summed E-state index contributed by atoms with van der Waals surface area (Å²) in [5.74, 6) is 0.245. The highest BCUT2D eigenvalue weighted by Crippen LogP contribution is 2.13. The van der Waals surface area contributed by atoms with E-state index in [0.29, 0.717) is 0 Å². The standard InChI is InChI=1S/C13H17NO/c1-10-5-7-11(8-6-10)13(15)12-4-2-3-9-14-12/h5-8,12,14H,2-4,9H2,1H3. The number of carbonyl (C=O) groups excluding carboxylic acids is 1. The first-order chi connectivity index (χ1) is 7.27. The molecule has 1 saturated heterocycles. The Balaban J connectivity index is 2.09. The van der Waals surface area contributed by atoms with E-state index in [0.717, 1.165) is 24.9 Å². The molecule has 1 aliphatic rings. The summed E-state index contributed by atoms with van der Waals surface area (Å²) in [5.41, 5.74) is 2.03. The second-order valence-corrected chi connectivity index (χ2v) is 4.23. The summed E-state index contributed by atoms with van der Waals surface area (Å²) in [6, 6.07) is 7.88. The first-order valence-corrected chi connectivity index (χ1v) is 5.61. The van der Waals surface area contributed by atoms with Crippen molar-refractivity contribution in [2.24, 2.45) is 0 Å². The minimum absolute atomic E-state index is 0.0430. The van der Waals surface area contributed by atoms with Crippen LogP contribution < -0.4 is 5.32 Å². The van der Waals surface area contributed by atoms with E-state index >= 15 is 0 Å². The van der Waals surface area contributed by atoms with Gasteiger partial charge in [0, 0.05) is 5.56 Å². The Morgan fingerprint density at radius 1 is 1.27 bits per heavy atom. The fourth-order valence-electron chi connectivity index (χ4n) is 1.99. The number of Topliss-reactive ketones (excluding diaryl/α,β-unsaturated/α-hetero) is 1. The van der Waals surface area contributed by atoms with E-state index in [1.165, 1.54) is 12.0 Å². The lowest BCUT2D eigenvalue weighted by Gasteiger charge is -2.22. The molecule has 0 aromatic heterocycles. The zero-order chi connectivity index (χ0) is 10.7. The van der Waals surface area contributed by atoms with Crippen molar-refractivity contribution >= 4 is 5.78 Å². The van der Waals surface area contributed by atoms with Gasteiger partial charge in [0.05, 0.1) is 6.04 Å². The molecule has 1 aromatic rings. The van der Waals surface area contributed by atoms with Crippen molar-refractivity contribution in [3.05, 3.63) is 35.4 Å². The number of carbonyl (C=O) groups is 1. The fourth-order valence-corrected chi connectivity index (χ4v) is 1.99. The van der Waals surface area contributed by atoms with Crippen molar-refractivity contribution < 1.29 is 4.79 Å². The zero-order valence-electron chi connectivity index (χ0n) is 9.12. The van der Waals surface area contributed by atoms with E-state index in [1.54, 1.807) is 0 Å². The molecule has 1 fully saturated rings. The van der Waals surface area contributed by atoms with E-state index in [1.807, 2.05) is 31.2 Å². The first kappa shape index (κ1) is 10.4. The van der Waals surface area contributed by atoms with Gasteiger partial charge in [-0.05, 0) is 26.3 Å². The van der Waals surface area contributed by atoms with Crippen LogP contribution in [0.5, 0.6) is 0 Å². The van der Waals surface area contributed by atoms with Crippen LogP contribution in [0, 0.1) is 6.92 Å². The molecule has 0 amide bonds. The Kier molecular flexibility index (Phi) is 3.17. The van der Waals surface area contributed by atoms with Gasteiger partial charge in [0.1, 0.15) is 0 Å². The number of hydrogen-bond acceptors (Lipinski definition) is 2. The van der Waals surface area contributed by atoms with E-state index < -0.39 is 0 Å². The number of benzene rings is 1. The molecule has 1 aromatic carbocycles. The lowest BCUT2D eigenvalue weighted by molar-refractivity contribution is 0.0927. The fraction of sp³-hybridized carbons (Fsp3) is 0.462. The molecule has 80 valence electrons. The minimum Gasteiger partial charge on any atom is -0.307 e. The Hall–Kier alpha value is -1.15. The molecule has 0 saturated carbocycles. The van der Waals surface area contributed by atoms with Gasteiger partial charge in [0.2, 0.25) is 0 Å². The molecule has 1 aliphatic heterocycles. The maximum atomic E-state index is 12.0. The quantitative estimate of drug-likeness (QED) is 0.747. The third kappa shape index (κ3) is 2.45. The van der Waals surface area contributed by atoms with Crippen molar-refractivity contribution in [1.29, 1.82) is 0 Å². The summed E-state index contributed by atoms with van der Waals surface area (Å²) in [4.78, 5) is 12.0. The molecule has 15 heavy (non-hydrogen) atoms. The number of ketones is 1. The van der Waals surface area contributed by atoms with Gasteiger partial charge < -0.3 is 5.32 Å². The van der Waals surface area contributed by atoms with E-state index in [2.05, 4.69) is 5.32 Å². The molecule has 0 aliphatic carbocycles. The molecule has 2 rings (SSSR count). The third-order valence-electron chi connectivity index (χ3n) is 2.96. The summed E-state index contributed by atoms with van der Waals surface area (Å²) in [7, 11) is 0. The number of aryl methyl sites for hydroxylation is 1. The molecule has 2 heteroatoms. The molecule has 0 spiro atoms. The monoisotopic (exact) mass is 203 g/mol. The lowest BCUT2D eigenvalue weighted by Crippen LogP contribution is -2.40. The maximum Gasteiger partial charge on any atom is 0.179 e. The Labute approximate surface area is 90.7 Å². The topological polar surface area (TPSA) is 29.1 Å². The first-order valence-electron chi connectivity index (χ1n) is 5.61. The van der Waals surface area contributed by atoms with E-state index in [9.17, 15) is 4.79 Å². The molecule has 2 nitrogen and oxygen atoms in total. The van der Waals surface area contributed by atoms with Crippen LogP contribution in [0.3, 0.4) is 0 Å². The van der Waals surface area contributed by atoms with Gasteiger partial charge in [-0.1, -0.05) is 36.2 Å². The molecule has 0 bridgehead atoms. The molecular weight excluding hydrogens is 186 g/mol. The average molecular weight is 203 g/mol. The van der Waals surface area contributed by atoms with Crippen molar-refractivity contribution in [2.75, 3.05) is 6.54 Å². The van der Waals surface area contributed by atoms with Gasteiger partial charge >= 0.3 is 0 Å². The smallest absolute Gasteiger partial charge is 0.179 e. The summed E-state index contributed by atoms with van der Waals surface area (Å²) >= 11 is 0. The second-order valence-electron chi connectivity index (χ2n) is 4.23. The predicted octanol–water partition coefficient (Wildman–Crippen LogP) is 2.32. The van der Waals surface area contributed by atoms with Gasteiger partial charge in [-0.15, -0.1) is 0 Å². The van der Waals surface area contributed by atoms with E-state index in [-0.39, 0.29) is 11.8 Å². The zero-order valence-corrected chi connectivity index (χ0v) is 9.12. The average Bonchev–Trinajstić information content (AvgIpc) is 2.30. The predicted molar refractivity (Wildman–Crippen MR) is 61.2 cm³/mol. The molecule has 1 heterocycles. The molecule has 1 atom stereocenters. The minimum atomic E-state index is 0.0430. The molecule has 1 unspecified atom stereocenters. The number of nitrogens with one attached hydrogen (secondary N) is 1. The van der Waals surface area contributed by atoms with Gasteiger partial charge in [0.15, 0.2) is 5.78 Å². The molecule has 0 radical (unpaired) electrons. The Bertz CT molecular complexity index is 336. The van der Waals surface area contributed by atoms with Crippen LogP contribution >= 0.6 is 0 Å². The maximum absolute atomic E-state index is 12.0. The van der Waals surface area contributed by atoms with Crippen LogP contribution in [-0.4, -0.2) is 18.4 Å². The Morgan fingerprint density at radius 3 is 2.60 bits per heavy atom. The van der Waals surface area contributed by atoms with Gasteiger partial charge in [0.25, 0.3) is 0 Å². The highest BCUT2D eigenvalue weighted by molar-refractivity contribution is 6.00. The largest absolute Gasteiger partial charge is 0.307 e. The number of rotatable bonds is 2. The summed E-state index contributed by atoms with van der Waals surface area (Å²) in [6.45, 7) is 3.01. The molecule has 1 N–H and O–H groups in total. The highest BCUT2D eigenvalue weighted by atomic mass is 16.1. The van der Waals surface area contributed by atoms with E-state index in [4.69, 9.17) is 0 Å². The Morgan fingerprint density at radius 2 is 2.00 bits per heavy atom. The normalized spacial score (nSPS) is 21.3. The van der Waals surface area contributed by atoms with Crippen LogP contribution in [-0.2, 0) is 0 Å². The van der Waals surface area contributed by atoms with Crippen molar-refractivity contribution in [1.82, 2.24) is 5.32 Å².